The summed E-state index contributed by atoms with van der Waals surface area (Å²) in [6, 6.07) is 12.2. The van der Waals surface area contributed by atoms with E-state index in [9.17, 15) is 0 Å². The Labute approximate surface area is 109 Å². The molecule has 0 atom stereocenters. The van der Waals surface area contributed by atoms with Crippen LogP contribution in [0.2, 0.25) is 0 Å². The Kier molecular flexibility index (Phi) is 5.00. The number of aryl methyl sites for hydroxylation is 1. The van der Waals surface area contributed by atoms with Crippen LogP contribution in [-0.4, -0.2) is 5.16 Å². The molecule has 0 aliphatic carbocycles. The summed E-state index contributed by atoms with van der Waals surface area (Å²) in [7, 11) is 0. The van der Waals surface area contributed by atoms with Crippen LogP contribution in [0.1, 0.15) is 44.8 Å². The van der Waals surface area contributed by atoms with Crippen LogP contribution in [-0.2, 0) is 6.42 Å². The van der Waals surface area contributed by atoms with Crippen LogP contribution in [0, 0.1) is 0 Å². The molecule has 96 valence electrons. The molecule has 0 fully saturated rings. The van der Waals surface area contributed by atoms with Gasteiger partial charge in [-0.25, -0.2) is 0 Å². The van der Waals surface area contributed by atoms with Crippen LogP contribution >= 0.6 is 0 Å². The zero-order chi connectivity index (χ0) is 12.6. The number of hydrogen-bond acceptors (Lipinski definition) is 2. The van der Waals surface area contributed by atoms with E-state index in [1.165, 1.54) is 32.1 Å². The third kappa shape index (κ3) is 3.73. The fourth-order valence-corrected chi connectivity index (χ4v) is 2.08. The van der Waals surface area contributed by atoms with Crippen LogP contribution in [0.15, 0.2) is 40.9 Å². The molecule has 0 spiro atoms. The van der Waals surface area contributed by atoms with Gasteiger partial charge in [-0.15, -0.1) is 0 Å². The standard InChI is InChI=1S/C16H21NO/c1-2-3-4-5-9-12-15-13-16(17-18-15)14-10-7-6-8-11-14/h6-8,10-11,13H,2-5,9,12H2,1H3. The number of aromatic nitrogens is 1. The van der Waals surface area contributed by atoms with Crippen LogP contribution in [0.3, 0.4) is 0 Å². The molecule has 1 heterocycles. The van der Waals surface area contributed by atoms with Crippen molar-refractivity contribution in [3.05, 3.63) is 42.2 Å². The molecule has 0 aliphatic rings. The molecule has 0 N–H and O–H groups in total. The SMILES string of the molecule is CCCCCCCc1cc(-c2ccccc2)no1. The summed E-state index contributed by atoms with van der Waals surface area (Å²) in [6.07, 6.45) is 7.45. The first-order valence-electron chi connectivity index (χ1n) is 6.91. The summed E-state index contributed by atoms with van der Waals surface area (Å²) in [5.74, 6) is 1.00. The maximum atomic E-state index is 5.38. The van der Waals surface area contributed by atoms with Crippen molar-refractivity contribution in [2.75, 3.05) is 0 Å². The Bertz CT molecular complexity index is 447. The molecule has 0 radical (unpaired) electrons. The van der Waals surface area contributed by atoms with E-state index in [4.69, 9.17) is 4.52 Å². The highest BCUT2D eigenvalue weighted by Crippen LogP contribution is 2.19. The number of benzene rings is 1. The second-order valence-electron chi connectivity index (χ2n) is 4.71. The fourth-order valence-electron chi connectivity index (χ4n) is 2.08. The van der Waals surface area contributed by atoms with Crippen LogP contribution < -0.4 is 0 Å². The third-order valence-electron chi connectivity index (χ3n) is 3.16. The van der Waals surface area contributed by atoms with E-state index >= 15 is 0 Å². The second-order valence-corrected chi connectivity index (χ2v) is 4.71. The monoisotopic (exact) mass is 243 g/mol. The number of nitrogens with zero attached hydrogens (tertiary/aromatic N) is 1. The van der Waals surface area contributed by atoms with Crippen molar-refractivity contribution >= 4 is 0 Å². The number of rotatable bonds is 7. The predicted octanol–water partition coefficient (Wildman–Crippen LogP) is 4.85. The van der Waals surface area contributed by atoms with E-state index < -0.39 is 0 Å². The van der Waals surface area contributed by atoms with Crippen LogP contribution in [0.4, 0.5) is 0 Å². The summed E-state index contributed by atoms with van der Waals surface area (Å²) in [4.78, 5) is 0. The minimum Gasteiger partial charge on any atom is -0.361 e. The van der Waals surface area contributed by atoms with E-state index in [-0.39, 0.29) is 0 Å². The van der Waals surface area contributed by atoms with Crippen molar-refractivity contribution < 1.29 is 4.52 Å². The smallest absolute Gasteiger partial charge is 0.137 e. The lowest BCUT2D eigenvalue weighted by atomic mass is 10.1. The molecule has 2 heteroatoms. The molecule has 2 rings (SSSR count). The van der Waals surface area contributed by atoms with Gasteiger partial charge in [0.15, 0.2) is 0 Å². The predicted molar refractivity (Wildman–Crippen MR) is 74.4 cm³/mol. The molecule has 1 aromatic heterocycles. The average molecular weight is 243 g/mol. The maximum absolute atomic E-state index is 5.38. The number of unbranched alkanes of at least 4 members (excludes halogenated alkanes) is 4. The van der Waals surface area contributed by atoms with Gasteiger partial charge in [0.1, 0.15) is 11.5 Å². The highest BCUT2D eigenvalue weighted by Gasteiger charge is 2.05. The summed E-state index contributed by atoms with van der Waals surface area (Å²) >= 11 is 0. The zero-order valence-corrected chi connectivity index (χ0v) is 11.1. The molecular weight excluding hydrogens is 222 g/mol. The van der Waals surface area contributed by atoms with Gasteiger partial charge in [0, 0.05) is 18.1 Å². The van der Waals surface area contributed by atoms with E-state index in [1.807, 2.05) is 18.2 Å². The van der Waals surface area contributed by atoms with Gasteiger partial charge in [-0.2, -0.15) is 0 Å². The topological polar surface area (TPSA) is 26.0 Å². The first-order valence-corrected chi connectivity index (χ1v) is 6.91. The average Bonchev–Trinajstić information content (AvgIpc) is 2.88. The van der Waals surface area contributed by atoms with Gasteiger partial charge in [-0.1, -0.05) is 68.1 Å². The lowest BCUT2D eigenvalue weighted by molar-refractivity contribution is 0.380. The Morgan fingerprint density at radius 3 is 2.56 bits per heavy atom. The molecule has 0 amide bonds. The van der Waals surface area contributed by atoms with Gasteiger partial charge in [-0.05, 0) is 6.42 Å². The quantitative estimate of drug-likeness (QED) is 0.649. The second kappa shape index (κ2) is 7.00. The van der Waals surface area contributed by atoms with Gasteiger partial charge >= 0.3 is 0 Å². The van der Waals surface area contributed by atoms with Crippen molar-refractivity contribution in [1.29, 1.82) is 0 Å². The number of hydrogen-bond donors (Lipinski definition) is 0. The minimum atomic E-state index is 0.944. The van der Waals surface area contributed by atoms with E-state index in [0.29, 0.717) is 0 Å². The van der Waals surface area contributed by atoms with Crippen molar-refractivity contribution in [3.63, 3.8) is 0 Å². The van der Waals surface area contributed by atoms with E-state index in [0.717, 1.165) is 23.4 Å². The highest BCUT2D eigenvalue weighted by atomic mass is 16.5. The van der Waals surface area contributed by atoms with Gasteiger partial charge < -0.3 is 4.52 Å². The molecule has 2 aromatic rings. The Hall–Kier alpha value is -1.57. The third-order valence-corrected chi connectivity index (χ3v) is 3.16. The Morgan fingerprint density at radius 1 is 1.00 bits per heavy atom. The molecule has 0 saturated heterocycles. The van der Waals surface area contributed by atoms with Crippen LogP contribution in [0.25, 0.3) is 11.3 Å². The summed E-state index contributed by atoms with van der Waals surface area (Å²) in [6.45, 7) is 2.24. The van der Waals surface area contributed by atoms with Crippen molar-refractivity contribution in [3.8, 4) is 11.3 Å². The fraction of sp³-hybridized carbons (Fsp3) is 0.438. The summed E-state index contributed by atoms with van der Waals surface area (Å²) < 4.78 is 5.38. The highest BCUT2D eigenvalue weighted by molar-refractivity contribution is 5.58. The van der Waals surface area contributed by atoms with Crippen LogP contribution in [0.5, 0.6) is 0 Å². The molecule has 2 nitrogen and oxygen atoms in total. The summed E-state index contributed by atoms with van der Waals surface area (Å²) in [5.41, 5.74) is 2.07. The zero-order valence-electron chi connectivity index (χ0n) is 11.1. The lowest BCUT2D eigenvalue weighted by Gasteiger charge is -1.96. The molecule has 0 bridgehead atoms. The molecule has 18 heavy (non-hydrogen) atoms. The van der Waals surface area contributed by atoms with Gasteiger partial charge in [0.2, 0.25) is 0 Å². The Morgan fingerprint density at radius 2 is 1.78 bits per heavy atom. The molecular formula is C16H21NO. The van der Waals surface area contributed by atoms with Gasteiger partial charge in [0.05, 0.1) is 0 Å². The molecule has 0 saturated carbocycles. The largest absolute Gasteiger partial charge is 0.361 e. The lowest BCUT2D eigenvalue weighted by Crippen LogP contribution is -1.83. The van der Waals surface area contributed by atoms with Gasteiger partial charge in [-0.3, -0.25) is 0 Å². The minimum absolute atomic E-state index is 0.944. The molecule has 1 aromatic carbocycles. The van der Waals surface area contributed by atoms with E-state index in [2.05, 4.69) is 30.3 Å². The van der Waals surface area contributed by atoms with E-state index in [1.54, 1.807) is 0 Å². The normalized spacial score (nSPS) is 10.7. The molecule has 0 aliphatic heterocycles. The Balaban J connectivity index is 1.83. The van der Waals surface area contributed by atoms with Gasteiger partial charge in [0.25, 0.3) is 0 Å². The van der Waals surface area contributed by atoms with Crippen molar-refractivity contribution in [2.45, 2.75) is 45.4 Å². The first-order chi connectivity index (χ1) is 8.90. The first kappa shape index (κ1) is 12.9. The maximum Gasteiger partial charge on any atom is 0.137 e. The molecule has 0 unspecified atom stereocenters. The van der Waals surface area contributed by atoms with Crippen molar-refractivity contribution in [1.82, 2.24) is 5.16 Å². The summed E-state index contributed by atoms with van der Waals surface area (Å²) in [5, 5.41) is 4.13. The van der Waals surface area contributed by atoms with Crippen molar-refractivity contribution in [2.24, 2.45) is 0 Å².